The Balaban J connectivity index is 2.31. The number of likely N-dealkylation sites (N-methyl/N-ethyl adjacent to an activating group) is 1. The predicted octanol–water partition coefficient (Wildman–Crippen LogP) is 8.91. The molecule has 1 N–H and O–H groups in total. The molecule has 0 radical (unpaired) electrons. The van der Waals surface area contributed by atoms with Crippen LogP contribution in [0.3, 0.4) is 0 Å². The second kappa shape index (κ2) is 19.2. The number of amides is 1. The van der Waals surface area contributed by atoms with E-state index in [4.69, 9.17) is 9.47 Å². The van der Waals surface area contributed by atoms with Crippen molar-refractivity contribution in [1.82, 2.24) is 14.8 Å². The molecule has 0 unspecified atom stereocenters. The standard InChI is InChI=1S/C40H45F8N3O5/c1-8-10-15-56-33-19-27(41)16-24(5)36(33)26-17-28(37(42)30(18-26)40(46,47)48)31(21-35(53)55-9-2)49-38(54)32(12-11-23(3)4)51-22-25(13-14-50(6)7)29(20-34(51)52)39(43,44)45/h8,16-20,22,31-32H,1,3,9-15,21H2,2,4-7H3,(H,49,54)/t31-,32-/m0/s1. The molecule has 0 spiro atoms. The highest BCUT2D eigenvalue weighted by atomic mass is 19.4. The Labute approximate surface area is 319 Å². The van der Waals surface area contributed by atoms with Crippen molar-refractivity contribution < 1.29 is 54.2 Å². The number of nitrogens with zero attached hydrogens (tertiary/aromatic N) is 2. The maximum absolute atomic E-state index is 16.2. The summed E-state index contributed by atoms with van der Waals surface area (Å²) in [7, 11) is 3.26. The number of benzene rings is 2. The fourth-order valence-electron chi connectivity index (χ4n) is 6.01. The van der Waals surface area contributed by atoms with Crippen LogP contribution in [0.5, 0.6) is 5.75 Å². The Bertz CT molecular complexity index is 1970. The van der Waals surface area contributed by atoms with Gasteiger partial charge in [-0.15, -0.1) is 13.2 Å². The van der Waals surface area contributed by atoms with Crippen LogP contribution >= 0.6 is 0 Å². The van der Waals surface area contributed by atoms with Crippen molar-refractivity contribution in [3.05, 3.63) is 111 Å². The average Bonchev–Trinajstić information content (AvgIpc) is 3.07. The fraction of sp³-hybridized carbons (Fsp3) is 0.425. The van der Waals surface area contributed by atoms with E-state index in [-0.39, 0.29) is 73.4 Å². The second-order valence-corrected chi connectivity index (χ2v) is 13.5. The lowest BCUT2D eigenvalue weighted by atomic mass is 9.91. The summed E-state index contributed by atoms with van der Waals surface area (Å²) in [5, 5.41) is 2.40. The number of aromatic nitrogens is 1. The van der Waals surface area contributed by atoms with Crippen LogP contribution in [0, 0.1) is 18.6 Å². The minimum Gasteiger partial charge on any atom is -0.493 e. The van der Waals surface area contributed by atoms with Gasteiger partial charge >= 0.3 is 18.3 Å². The van der Waals surface area contributed by atoms with Gasteiger partial charge in [-0.25, -0.2) is 8.78 Å². The van der Waals surface area contributed by atoms with E-state index in [1.54, 1.807) is 25.9 Å². The van der Waals surface area contributed by atoms with E-state index in [1.165, 1.54) is 19.9 Å². The Morgan fingerprint density at radius 3 is 2.25 bits per heavy atom. The van der Waals surface area contributed by atoms with Crippen LogP contribution in [-0.2, 0) is 33.1 Å². The number of pyridine rings is 1. The highest BCUT2D eigenvalue weighted by Crippen LogP contribution is 2.42. The summed E-state index contributed by atoms with van der Waals surface area (Å²) in [6.07, 6.45) is -8.76. The van der Waals surface area contributed by atoms with Crippen LogP contribution in [0.1, 0.15) is 79.4 Å². The molecule has 0 saturated heterocycles. The molecule has 0 fully saturated rings. The van der Waals surface area contributed by atoms with Gasteiger partial charge in [-0.1, -0.05) is 11.6 Å². The summed E-state index contributed by atoms with van der Waals surface area (Å²) in [5.41, 5.74) is -5.03. The molecule has 2 aromatic carbocycles. The molecule has 56 heavy (non-hydrogen) atoms. The molecule has 1 amide bonds. The topological polar surface area (TPSA) is 89.9 Å². The number of alkyl halides is 6. The van der Waals surface area contributed by atoms with E-state index in [9.17, 15) is 45.1 Å². The summed E-state index contributed by atoms with van der Waals surface area (Å²) in [6.45, 7) is 11.7. The van der Waals surface area contributed by atoms with Gasteiger partial charge in [0.25, 0.3) is 5.56 Å². The van der Waals surface area contributed by atoms with Gasteiger partial charge in [0, 0.05) is 36.0 Å². The molecule has 0 aliphatic heterocycles. The van der Waals surface area contributed by atoms with Crippen molar-refractivity contribution in [2.24, 2.45) is 0 Å². The summed E-state index contributed by atoms with van der Waals surface area (Å²) < 4.78 is 128. The fourth-order valence-corrected chi connectivity index (χ4v) is 6.01. The molecule has 0 saturated carbocycles. The number of ether oxygens (including phenoxy) is 2. The van der Waals surface area contributed by atoms with Gasteiger partial charge < -0.3 is 24.3 Å². The van der Waals surface area contributed by atoms with Gasteiger partial charge in [0.05, 0.1) is 36.8 Å². The molecular weight excluding hydrogens is 754 g/mol. The number of aryl methyl sites for hydroxylation is 1. The molecule has 0 aliphatic carbocycles. The smallest absolute Gasteiger partial charge is 0.419 e. The van der Waals surface area contributed by atoms with Crippen molar-refractivity contribution in [1.29, 1.82) is 0 Å². The predicted molar refractivity (Wildman–Crippen MR) is 195 cm³/mol. The Morgan fingerprint density at radius 1 is 1.02 bits per heavy atom. The zero-order valence-electron chi connectivity index (χ0n) is 31.7. The summed E-state index contributed by atoms with van der Waals surface area (Å²) in [6, 6.07) is 0.323. The highest BCUT2D eigenvalue weighted by Gasteiger charge is 2.39. The van der Waals surface area contributed by atoms with Crippen molar-refractivity contribution in [2.75, 3.05) is 33.9 Å². The largest absolute Gasteiger partial charge is 0.493 e. The van der Waals surface area contributed by atoms with Gasteiger partial charge in [-0.3, -0.25) is 14.4 Å². The lowest BCUT2D eigenvalue weighted by Crippen LogP contribution is -2.40. The Kier molecular flexibility index (Phi) is 15.6. The molecule has 0 bridgehead atoms. The number of rotatable bonds is 18. The first kappa shape index (κ1) is 45.4. The van der Waals surface area contributed by atoms with Gasteiger partial charge in [0.1, 0.15) is 23.4 Å². The van der Waals surface area contributed by atoms with Gasteiger partial charge in [-0.2, -0.15) is 26.3 Å². The molecular formula is C40H45F8N3O5. The SMILES string of the molecule is C=CCCOc1cc(F)cc(C)c1-c1cc([C@H](CC(=O)OCC)NC(=O)[C@H](CCC(=C)C)n2cc(CCN(C)C)c(C(F)(F)F)cc2=O)c(F)c(C(F)(F)F)c1. The molecule has 1 aromatic heterocycles. The van der Waals surface area contributed by atoms with Crippen LogP contribution in [0.2, 0.25) is 0 Å². The second-order valence-electron chi connectivity index (χ2n) is 13.5. The Hall–Kier alpha value is -4.99. The first-order valence-electron chi connectivity index (χ1n) is 17.6. The van der Waals surface area contributed by atoms with Crippen LogP contribution in [-0.4, -0.2) is 55.2 Å². The van der Waals surface area contributed by atoms with Gasteiger partial charge in [0.15, 0.2) is 0 Å². The van der Waals surface area contributed by atoms with E-state index in [1.807, 2.05) is 0 Å². The number of hydrogen-bond acceptors (Lipinski definition) is 6. The number of carbonyl (C=O) groups is 2. The van der Waals surface area contributed by atoms with E-state index >= 15 is 4.39 Å². The highest BCUT2D eigenvalue weighted by molar-refractivity contribution is 5.82. The molecule has 16 heteroatoms. The minimum absolute atomic E-state index is 0.0349. The molecule has 306 valence electrons. The third kappa shape index (κ3) is 12.0. The lowest BCUT2D eigenvalue weighted by Gasteiger charge is -2.27. The third-order valence-electron chi connectivity index (χ3n) is 8.69. The summed E-state index contributed by atoms with van der Waals surface area (Å²) >= 11 is 0. The van der Waals surface area contributed by atoms with Crippen LogP contribution in [0.4, 0.5) is 35.1 Å². The Morgan fingerprint density at radius 2 is 1.68 bits per heavy atom. The molecule has 2 atom stereocenters. The van der Waals surface area contributed by atoms with Gasteiger partial charge in [-0.05, 0) is 95.4 Å². The van der Waals surface area contributed by atoms with E-state index in [2.05, 4.69) is 18.5 Å². The molecule has 3 aromatic rings. The zero-order valence-corrected chi connectivity index (χ0v) is 31.7. The lowest BCUT2D eigenvalue weighted by molar-refractivity contribution is -0.144. The average molecular weight is 800 g/mol. The van der Waals surface area contributed by atoms with E-state index in [0.29, 0.717) is 17.7 Å². The number of hydrogen-bond donors (Lipinski definition) is 1. The van der Waals surface area contributed by atoms with Crippen molar-refractivity contribution in [3.63, 3.8) is 0 Å². The van der Waals surface area contributed by atoms with Crippen molar-refractivity contribution >= 4 is 11.9 Å². The summed E-state index contributed by atoms with van der Waals surface area (Å²) in [4.78, 5) is 42.1. The molecule has 3 rings (SSSR count). The van der Waals surface area contributed by atoms with Crippen LogP contribution in [0.15, 0.2) is 66.1 Å². The van der Waals surface area contributed by atoms with Crippen molar-refractivity contribution in [3.8, 4) is 16.9 Å². The number of allylic oxidation sites excluding steroid dienone is 1. The van der Waals surface area contributed by atoms with E-state index in [0.717, 1.165) is 29.0 Å². The number of halogens is 8. The summed E-state index contributed by atoms with van der Waals surface area (Å²) in [5.74, 6) is -4.95. The van der Waals surface area contributed by atoms with Crippen LogP contribution < -0.4 is 15.6 Å². The quantitative estimate of drug-likeness (QED) is 0.0599. The van der Waals surface area contributed by atoms with Gasteiger partial charge in [0.2, 0.25) is 5.91 Å². The molecule has 0 aliphatic rings. The number of nitrogens with one attached hydrogen (secondary N) is 1. The van der Waals surface area contributed by atoms with Crippen molar-refractivity contribution in [2.45, 2.75) is 77.3 Å². The molecule has 8 nitrogen and oxygen atoms in total. The van der Waals surface area contributed by atoms with E-state index < -0.39 is 76.6 Å². The first-order valence-corrected chi connectivity index (χ1v) is 17.6. The minimum atomic E-state index is -5.31. The van der Waals surface area contributed by atoms with Crippen LogP contribution in [0.25, 0.3) is 11.1 Å². The maximum Gasteiger partial charge on any atom is 0.419 e. The molecule has 1 heterocycles. The maximum atomic E-state index is 16.2. The third-order valence-corrected chi connectivity index (χ3v) is 8.69. The number of carbonyl (C=O) groups excluding carboxylic acids is 2. The zero-order chi connectivity index (χ0) is 42.1. The number of esters is 1. The normalized spacial score (nSPS) is 13.0. The monoisotopic (exact) mass is 799 g/mol. The first-order chi connectivity index (χ1) is 26.1.